The highest BCUT2D eigenvalue weighted by molar-refractivity contribution is 5.89. The number of carbonyl (C=O) groups excluding carboxylic acids is 2. The van der Waals surface area contributed by atoms with Crippen molar-refractivity contribution in [3.8, 4) is 0 Å². The molecule has 0 radical (unpaired) electrons. The number of hydrogen-bond donors (Lipinski definition) is 3. The molecule has 2 rings (SSSR count). The molecule has 7 nitrogen and oxygen atoms in total. The van der Waals surface area contributed by atoms with Crippen LogP contribution in [0.15, 0.2) is 60.7 Å². The summed E-state index contributed by atoms with van der Waals surface area (Å²) >= 11 is 0. The van der Waals surface area contributed by atoms with Crippen LogP contribution in [0.5, 0.6) is 0 Å². The second-order valence-electron chi connectivity index (χ2n) is 7.16. The van der Waals surface area contributed by atoms with E-state index in [1.165, 1.54) is 0 Å². The molecule has 0 bridgehead atoms. The summed E-state index contributed by atoms with van der Waals surface area (Å²) in [7, 11) is 0. The van der Waals surface area contributed by atoms with Gasteiger partial charge in [0.1, 0.15) is 18.7 Å². The number of amides is 2. The number of rotatable bonds is 10. The van der Waals surface area contributed by atoms with Crippen molar-refractivity contribution in [2.75, 3.05) is 0 Å². The number of carbonyl (C=O) groups is 3. The summed E-state index contributed by atoms with van der Waals surface area (Å²) in [5, 5.41) is 14.7. The highest BCUT2D eigenvalue weighted by atomic mass is 16.5. The van der Waals surface area contributed by atoms with E-state index in [9.17, 15) is 19.5 Å². The third kappa shape index (κ3) is 7.24. The van der Waals surface area contributed by atoms with Gasteiger partial charge in [-0.05, 0) is 17.0 Å². The summed E-state index contributed by atoms with van der Waals surface area (Å²) in [6, 6.07) is 16.2. The Hall–Kier alpha value is -3.35. The first-order valence-corrected chi connectivity index (χ1v) is 9.95. The van der Waals surface area contributed by atoms with E-state index in [-0.39, 0.29) is 18.9 Å². The number of carboxylic acids is 1. The Kier molecular flexibility index (Phi) is 8.87. The molecule has 2 amide bonds. The number of benzene rings is 2. The topological polar surface area (TPSA) is 105 Å². The molecular weight excluding hydrogens is 384 g/mol. The van der Waals surface area contributed by atoms with Gasteiger partial charge >= 0.3 is 12.1 Å². The molecule has 2 aromatic carbocycles. The van der Waals surface area contributed by atoms with Crippen molar-refractivity contribution in [1.29, 1.82) is 0 Å². The molecule has 30 heavy (non-hydrogen) atoms. The third-order valence-corrected chi connectivity index (χ3v) is 4.88. The lowest BCUT2D eigenvalue weighted by Crippen LogP contribution is -2.54. The third-order valence-electron chi connectivity index (χ3n) is 4.88. The monoisotopic (exact) mass is 412 g/mol. The highest BCUT2D eigenvalue weighted by Gasteiger charge is 2.30. The molecule has 0 unspecified atom stereocenters. The van der Waals surface area contributed by atoms with Crippen LogP contribution in [-0.4, -0.2) is 35.2 Å². The van der Waals surface area contributed by atoms with Gasteiger partial charge in [0.25, 0.3) is 0 Å². The molecule has 3 N–H and O–H groups in total. The largest absolute Gasteiger partial charge is 0.480 e. The van der Waals surface area contributed by atoms with Crippen molar-refractivity contribution in [3.05, 3.63) is 71.8 Å². The predicted molar refractivity (Wildman–Crippen MR) is 113 cm³/mol. The van der Waals surface area contributed by atoms with Gasteiger partial charge in [0, 0.05) is 6.42 Å². The van der Waals surface area contributed by atoms with Crippen molar-refractivity contribution >= 4 is 18.0 Å². The van der Waals surface area contributed by atoms with Crippen LogP contribution in [0, 0.1) is 5.92 Å². The van der Waals surface area contributed by atoms with Crippen LogP contribution >= 0.6 is 0 Å². The zero-order valence-corrected chi connectivity index (χ0v) is 17.2. The summed E-state index contributed by atoms with van der Waals surface area (Å²) in [5.74, 6) is -1.90. The second kappa shape index (κ2) is 11.6. The van der Waals surface area contributed by atoms with Gasteiger partial charge in [0.2, 0.25) is 5.91 Å². The molecule has 0 saturated heterocycles. The van der Waals surface area contributed by atoms with E-state index in [1.807, 2.05) is 62.4 Å². The van der Waals surface area contributed by atoms with Gasteiger partial charge in [-0.1, -0.05) is 80.9 Å². The maximum atomic E-state index is 12.8. The molecule has 0 aliphatic heterocycles. The van der Waals surface area contributed by atoms with Gasteiger partial charge in [-0.25, -0.2) is 9.59 Å². The zero-order valence-electron chi connectivity index (χ0n) is 17.2. The van der Waals surface area contributed by atoms with Crippen LogP contribution in [0.2, 0.25) is 0 Å². The maximum Gasteiger partial charge on any atom is 0.408 e. The number of carboxylic acid groups (broad SMARTS) is 1. The molecular formula is C23H28N2O5. The molecule has 0 spiro atoms. The van der Waals surface area contributed by atoms with Crippen molar-refractivity contribution in [2.24, 2.45) is 5.92 Å². The smallest absolute Gasteiger partial charge is 0.408 e. The van der Waals surface area contributed by atoms with Gasteiger partial charge in [-0.3, -0.25) is 4.79 Å². The molecule has 0 heterocycles. The van der Waals surface area contributed by atoms with Crippen LogP contribution < -0.4 is 10.6 Å². The first-order valence-electron chi connectivity index (χ1n) is 9.95. The van der Waals surface area contributed by atoms with Crippen molar-refractivity contribution < 1.29 is 24.2 Å². The number of hydrogen-bond acceptors (Lipinski definition) is 4. The van der Waals surface area contributed by atoms with Gasteiger partial charge in [0.05, 0.1) is 0 Å². The molecule has 160 valence electrons. The first-order chi connectivity index (χ1) is 14.4. The Morgan fingerprint density at radius 3 is 2.03 bits per heavy atom. The van der Waals surface area contributed by atoms with Crippen LogP contribution in [0.4, 0.5) is 4.79 Å². The minimum Gasteiger partial charge on any atom is -0.480 e. The van der Waals surface area contributed by atoms with E-state index in [1.54, 1.807) is 12.1 Å². The molecule has 2 aromatic rings. The van der Waals surface area contributed by atoms with Crippen LogP contribution in [-0.2, 0) is 27.4 Å². The Morgan fingerprint density at radius 1 is 0.933 bits per heavy atom. The molecule has 3 atom stereocenters. The number of alkyl carbamates (subject to hydrolysis) is 1. The fourth-order valence-corrected chi connectivity index (χ4v) is 2.91. The lowest BCUT2D eigenvalue weighted by molar-refractivity contribution is -0.142. The number of aliphatic carboxylic acids is 1. The van der Waals surface area contributed by atoms with Gasteiger partial charge in [-0.15, -0.1) is 0 Å². The van der Waals surface area contributed by atoms with Gasteiger partial charge < -0.3 is 20.5 Å². The quantitative estimate of drug-likeness (QED) is 0.556. The lowest BCUT2D eigenvalue weighted by atomic mass is 9.97. The van der Waals surface area contributed by atoms with E-state index in [0.717, 1.165) is 11.1 Å². The molecule has 0 aliphatic rings. The summed E-state index contributed by atoms with van der Waals surface area (Å²) in [5.41, 5.74) is 1.62. The normalized spacial score (nSPS) is 13.5. The number of ether oxygens (including phenoxy) is 1. The van der Waals surface area contributed by atoms with E-state index in [4.69, 9.17) is 4.74 Å². The fourth-order valence-electron chi connectivity index (χ4n) is 2.91. The summed E-state index contributed by atoms with van der Waals surface area (Å²) < 4.78 is 5.21. The van der Waals surface area contributed by atoms with Crippen molar-refractivity contribution in [3.63, 3.8) is 0 Å². The van der Waals surface area contributed by atoms with Crippen molar-refractivity contribution in [1.82, 2.24) is 10.6 Å². The Balaban J connectivity index is 2.00. The van der Waals surface area contributed by atoms with Crippen LogP contribution in [0.3, 0.4) is 0 Å². The minimum atomic E-state index is -1.14. The van der Waals surface area contributed by atoms with E-state index in [0.29, 0.717) is 6.42 Å². The van der Waals surface area contributed by atoms with Crippen LogP contribution in [0.1, 0.15) is 31.4 Å². The van der Waals surface area contributed by atoms with Gasteiger partial charge in [-0.2, -0.15) is 0 Å². The standard InChI is InChI=1S/C23H28N2O5/c1-3-16(2)20(25-23(29)30-15-18-12-8-5-9-13-18)21(26)24-19(22(27)28)14-17-10-6-4-7-11-17/h4-13,16,19-20H,3,14-15H2,1-2H3,(H,24,26)(H,25,29)(H,27,28)/t16-,19+,20+/m1/s1. The lowest BCUT2D eigenvalue weighted by Gasteiger charge is -2.25. The van der Waals surface area contributed by atoms with E-state index in [2.05, 4.69) is 10.6 Å². The summed E-state index contributed by atoms with van der Waals surface area (Å²) in [4.78, 5) is 36.7. The first kappa shape index (κ1) is 22.9. The Bertz CT molecular complexity index is 826. The summed E-state index contributed by atoms with van der Waals surface area (Å²) in [6.45, 7) is 3.78. The molecule has 7 heteroatoms. The number of nitrogens with one attached hydrogen (secondary N) is 2. The molecule has 0 fully saturated rings. The van der Waals surface area contributed by atoms with Gasteiger partial charge in [0.15, 0.2) is 0 Å². The molecule has 0 aromatic heterocycles. The van der Waals surface area contributed by atoms with Crippen molar-refractivity contribution in [2.45, 2.75) is 45.4 Å². The second-order valence-corrected chi connectivity index (χ2v) is 7.16. The molecule has 0 aliphatic carbocycles. The predicted octanol–water partition coefficient (Wildman–Crippen LogP) is 3.14. The van der Waals surface area contributed by atoms with E-state index >= 15 is 0 Å². The average Bonchev–Trinajstić information content (AvgIpc) is 2.76. The Morgan fingerprint density at radius 2 is 1.50 bits per heavy atom. The average molecular weight is 412 g/mol. The van der Waals surface area contributed by atoms with Crippen LogP contribution in [0.25, 0.3) is 0 Å². The van der Waals surface area contributed by atoms with E-state index < -0.39 is 30.1 Å². The molecule has 0 saturated carbocycles. The maximum absolute atomic E-state index is 12.8. The summed E-state index contributed by atoms with van der Waals surface area (Å²) in [6.07, 6.45) is 0.0374. The zero-order chi connectivity index (χ0) is 21.9. The minimum absolute atomic E-state index is 0.0767. The fraction of sp³-hybridized carbons (Fsp3) is 0.348. The highest BCUT2D eigenvalue weighted by Crippen LogP contribution is 2.11. The Labute approximate surface area is 176 Å². The SMILES string of the molecule is CC[C@@H](C)[C@H](NC(=O)OCc1ccccc1)C(=O)N[C@@H](Cc1ccccc1)C(=O)O.